The molecule has 0 saturated carbocycles. The van der Waals surface area contributed by atoms with Gasteiger partial charge in [-0.1, -0.05) is 30.3 Å². The highest BCUT2D eigenvalue weighted by atomic mass is 32.2. The van der Waals surface area contributed by atoms with Crippen LogP contribution < -0.4 is 0 Å². The highest BCUT2D eigenvalue weighted by Crippen LogP contribution is 2.19. The molecule has 0 heterocycles. The molecular formula is C18H22N2O3S. The third-order valence-electron chi connectivity index (χ3n) is 3.85. The van der Waals surface area contributed by atoms with E-state index < -0.39 is 10.0 Å². The summed E-state index contributed by atoms with van der Waals surface area (Å²) in [5.74, 6) is -0.228. The molecule has 0 aliphatic carbocycles. The minimum Gasteiger partial charge on any atom is -0.345 e. The Kier molecular flexibility index (Phi) is 5.41. The van der Waals surface area contributed by atoms with Gasteiger partial charge in [0.25, 0.3) is 5.91 Å². The van der Waals surface area contributed by atoms with Crippen molar-refractivity contribution in [3.05, 3.63) is 65.2 Å². The average molecular weight is 346 g/mol. The van der Waals surface area contributed by atoms with Crippen molar-refractivity contribution in [1.29, 1.82) is 0 Å². The fourth-order valence-corrected chi connectivity index (χ4v) is 3.54. The number of carbonyl (C=O) groups is 1. The van der Waals surface area contributed by atoms with Crippen molar-refractivity contribution in [3.8, 4) is 0 Å². The van der Waals surface area contributed by atoms with Crippen LogP contribution >= 0.6 is 0 Å². The topological polar surface area (TPSA) is 57.7 Å². The predicted octanol–water partition coefficient (Wildman–Crippen LogP) is 2.52. The fourth-order valence-electron chi connectivity index (χ4n) is 2.34. The molecule has 0 atom stereocenters. The van der Waals surface area contributed by atoms with E-state index in [4.69, 9.17) is 0 Å². The first-order chi connectivity index (χ1) is 11.2. The van der Waals surface area contributed by atoms with Gasteiger partial charge >= 0.3 is 0 Å². The highest BCUT2D eigenvalue weighted by molar-refractivity contribution is 7.89. The van der Waals surface area contributed by atoms with Crippen LogP contribution in [-0.2, 0) is 16.6 Å². The number of hydrogen-bond donors (Lipinski definition) is 0. The van der Waals surface area contributed by atoms with E-state index >= 15 is 0 Å². The minimum atomic E-state index is -3.67. The van der Waals surface area contributed by atoms with Gasteiger partial charge in [0.2, 0.25) is 10.0 Å². The normalized spacial score (nSPS) is 11.5. The van der Waals surface area contributed by atoms with Crippen molar-refractivity contribution >= 4 is 15.9 Å². The quantitative estimate of drug-likeness (QED) is 0.836. The maximum absolute atomic E-state index is 12.8. The Bertz CT molecular complexity index is 845. The van der Waals surface area contributed by atoms with Gasteiger partial charge in [-0.3, -0.25) is 4.79 Å². The zero-order chi connectivity index (χ0) is 17.9. The number of aryl methyl sites for hydroxylation is 1. The minimum absolute atomic E-state index is 0.117. The highest BCUT2D eigenvalue weighted by Gasteiger charge is 2.22. The number of carbonyl (C=O) groups excluding carboxylic acids is 1. The van der Waals surface area contributed by atoms with E-state index in [1.807, 2.05) is 31.2 Å². The van der Waals surface area contributed by atoms with E-state index in [1.54, 1.807) is 33.3 Å². The molecule has 0 fully saturated rings. The lowest BCUT2D eigenvalue weighted by molar-refractivity contribution is 0.0827. The summed E-state index contributed by atoms with van der Waals surface area (Å²) in [6, 6.07) is 13.8. The molecule has 1 amide bonds. The molecular weight excluding hydrogens is 324 g/mol. The van der Waals surface area contributed by atoms with E-state index in [1.165, 1.54) is 21.3 Å². The summed E-state index contributed by atoms with van der Waals surface area (Å²) in [6.07, 6.45) is 0. The first-order valence-electron chi connectivity index (χ1n) is 7.56. The molecule has 0 radical (unpaired) electrons. The molecule has 6 heteroatoms. The van der Waals surface area contributed by atoms with E-state index in [-0.39, 0.29) is 17.3 Å². The molecule has 2 aromatic carbocycles. The summed E-state index contributed by atoms with van der Waals surface area (Å²) in [4.78, 5) is 13.6. The van der Waals surface area contributed by atoms with E-state index in [2.05, 4.69) is 0 Å². The number of benzene rings is 2. The summed E-state index contributed by atoms with van der Waals surface area (Å²) in [7, 11) is 1.14. The second-order valence-electron chi connectivity index (χ2n) is 5.91. The van der Waals surface area contributed by atoms with Crippen LogP contribution in [0.1, 0.15) is 21.5 Å². The van der Waals surface area contributed by atoms with Crippen LogP contribution in [0.5, 0.6) is 0 Å². The summed E-state index contributed by atoms with van der Waals surface area (Å²) in [5, 5.41) is 0. The third-order valence-corrected chi connectivity index (χ3v) is 5.65. The lowest BCUT2D eigenvalue weighted by atomic mass is 10.1. The molecule has 0 aliphatic rings. The Morgan fingerprint density at radius 3 is 2.29 bits per heavy atom. The third kappa shape index (κ3) is 3.83. The predicted molar refractivity (Wildman–Crippen MR) is 94.3 cm³/mol. The van der Waals surface area contributed by atoms with Crippen molar-refractivity contribution in [2.75, 3.05) is 21.1 Å². The Labute approximate surface area is 143 Å². The van der Waals surface area contributed by atoms with Crippen LogP contribution in [0.2, 0.25) is 0 Å². The number of nitrogens with zero attached hydrogens (tertiary/aromatic N) is 2. The molecule has 2 rings (SSSR count). The van der Waals surface area contributed by atoms with Crippen molar-refractivity contribution in [3.63, 3.8) is 0 Å². The Morgan fingerprint density at radius 2 is 1.67 bits per heavy atom. The SMILES string of the molecule is Cc1ccccc1CN(C)S(=O)(=O)c1cccc(C(=O)N(C)C)c1. The summed E-state index contributed by atoms with van der Waals surface area (Å²) >= 11 is 0. The smallest absolute Gasteiger partial charge is 0.253 e. The molecule has 0 spiro atoms. The summed E-state index contributed by atoms with van der Waals surface area (Å²) < 4.78 is 26.9. The Morgan fingerprint density at radius 1 is 1.00 bits per heavy atom. The standard InChI is InChI=1S/C18H22N2O3S/c1-14-8-5-6-9-16(14)13-20(4)24(22,23)17-11-7-10-15(12-17)18(21)19(2)3/h5-12H,13H2,1-4H3. The van der Waals surface area contributed by atoms with Crippen LogP contribution in [0.3, 0.4) is 0 Å². The number of sulfonamides is 1. The second-order valence-corrected chi connectivity index (χ2v) is 7.96. The number of rotatable bonds is 5. The number of amides is 1. The summed E-state index contributed by atoms with van der Waals surface area (Å²) in [6.45, 7) is 2.23. The summed E-state index contributed by atoms with van der Waals surface area (Å²) in [5.41, 5.74) is 2.34. The van der Waals surface area contributed by atoms with Crippen LogP contribution in [0.4, 0.5) is 0 Å². The van der Waals surface area contributed by atoms with Crippen molar-refractivity contribution in [2.45, 2.75) is 18.4 Å². The maximum Gasteiger partial charge on any atom is 0.253 e. The molecule has 128 valence electrons. The zero-order valence-electron chi connectivity index (χ0n) is 14.4. The van der Waals surface area contributed by atoms with Gasteiger partial charge in [0.05, 0.1) is 4.90 Å². The van der Waals surface area contributed by atoms with Gasteiger partial charge in [0.1, 0.15) is 0 Å². The molecule has 0 aliphatic heterocycles. The van der Waals surface area contributed by atoms with Crippen LogP contribution in [0, 0.1) is 6.92 Å². The monoisotopic (exact) mass is 346 g/mol. The van der Waals surface area contributed by atoms with Gasteiger partial charge in [0, 0.05) is 33.3 Å². The first-order valence-corrected chi connectivity index (χ1v) is 9.00. The van der Waals surface area contributed by atoms with Crippen LogP contribution in [0.25, 0.3) is 0 Å². The van der Waals surface area contributed by atoms with Crippen molar-refractivity contribution in [1.82, 2.24) is 9.21 Å². The van der Waals surface area contributed by atoms with Gasteiger partial charge in [-0.05, 0) is 36.2 Å². The molecule has 5 nitrogen and oxygen atoms in total. The van der Waals surface area contributed by atoms with Gasteiger partial charge in [0.15, 0.2) is 0 Å². The van der Waals surface area contributed by atoms with Crippen molar-refractivity contribution < 1.29 is 13.2 Å². The average Bonchev–Trinajstić information content (AvgIpc) is 2.56. The molecule has 0 N–H and O–H groups in total. The lowest BCUT2D eigenvalue weighted by Gasteiger charge is -2.19. The van der Waals surface area contributed by atoms with Crippen molar-refractivity contribution in [2.24, 2.45) is 0 Å². The van der Waals surface area contributed by atoms with Crippen LogP contribution in [0.15, 0.2) is 53.4 Å². The second kappa shape index (κ2) is 7.15. The maximum atomic E-state index is 12.8. The lowest BCUT2D eigenvalue weighted by Crippen LogP contribution is -2.27. The molecule has 0 bridgehead atoms. The Balaban J connectivity index is 2.31. The molecule has 24 heavy (non-hydrogen) atoms. The fraction of sp³-hybridized carbons (Fsp3) is 0.278. The molecule has 0 saturated heterocycles. The Hall–Kier alpha value is -2.18. The van der Waals surface area contributed by atoms with E-state index in [0.717, 1.165) is 11.1 Å². The first kappa shape index (κ1) is 18.2. The largest absolute Gasteiger partial charge is 0.345 e. The molecule has 0 aromatic heterocycles. The van der Waals surface area contributed by atoms with Gasteiger partial charge in [-0.25, -0.2) is 8.42 Å². The van der Waals surface area contributed by atoms with E-state index in [0.29, 0.717) is 5.56 Å². The van der Waals surface area contributed by atoms with Gasteiger partial charge in [-0.2, -0.15) is 4.31 Å². The van der Waals surface area contributed by atoms with Gasteiger partial charge < -0.3 is 4.90 Å². The number of hydrogen-bond acceptors (Lipinski definition) is 3. The molecule has 0 unspecified atom stereocenters. The zero-order valence-corrected chi connectivity index (χ0v) is 15.2. The van der Waals surface area contributed by atoms with Crippen LogP contribution in [-0.4, -0.2) is 44.7 Å². The van der Waals surface area contributed by atoms with Gasteiger partial charge in [-0.15, -0.1) is 0 Å². The molecule has 2 aromatic rings. The van der Waals surface area contributed by atoms with E-state index in [9.17, 15) is 13.2 Å².